The molecule has 0 atom stereocenters. The van der Waals surface area contributed by atoms with Crippen molar-refractivity contribution in [1.82, 2.24) is 5.32 Å². The fraction of sp³-hybridized carbons (Fsp3) is 0.176. The Bertz CT molecular complexity index is 752. The van der Waals surface area contributed by atoms with E-state index >= 15 is 0 Å². The van der Waals surface area contributed by atoms with Gasteiger partial charge in [0.1, 0.15) is 0 Å². The van der Waals surface area contributed by atoms with E-state index in [1.54, 1.807) is 11.8 Å². The highest BCUT2D eigenvalue weighted by Gasteiger charge is 2.14. The molecule has 0 aliphatic carbocycles. The second kappa shape index (κ2) is 9.43. The molecule has 130 valence electrons. The van der Waals surface area contributed by atoms with Crippen molar-refractivity contribution in [3.63, 3.8) is 0 Å². The molecular weight excluding hydrogens is 344 g/mol. The number of thioether (sulfide) groups is 1. The van der Waals surface area contributed by atoms with Crippen molar-refractivity contribution >= 4 is 29.3 Å². The summed E-state index contributed by atoms with van der Waals surface area (Å²) < 4.78 is 4.86. The van der Waals surface area contributed by atoms with Crippen LogP contribution in [-0.4, -0.2) is 35.7 Å². The number of hydrogen-bond donors (Lipinski definition) is 1. The summed E-state index contributed by atoms with van der Waals surface area (Å²) in [6, 6.07) is 14.9. The van der Waals surface area contributed by atoms with Crippen molar-refractivity contribution in [3.05, 3.63) is 70.3 Å². The van der Waals surface area contributed by atoms with Crippen molar-refractivity contribution in [3.8, 4) is 0 Å². The Morgan fingerprint density at radius 1 is 1.12 bits per heavy atom. The number of nitro groups is 1. The summed E-state index contributed by atoms with van der Waals surface area (Å²) in [5.74, 6) is -0.515. The van der Waals surface area contributed by atoms with Gasteiger partial charge in [0.25, 0.3) is 11.6 Å². The normalized spacial score (nSPS) is 10.1. The van der Waals surface area contributed by atoms with E-state index in [0.29, 0.717) is 12.3 Å². The number of nitrogens with one attached hydrogen (secondary N) is 1. The Morgan fingerprint density at radius 2 is 1.88 bits per heavy atom. The molecule has 0 heterocycles. The third-order valence-electron chi connectivity index (χ3n) is 3.06. The van der Waals surface area contributed by atoms with Crippen molar-refractivity contribution in [1.29, 1.82) is 0 Å². The fourth-order valence-corrected chi connectivity index (χ4v) is 2.68. The Morgan fingerprint density at radius 3 is 2.60 bits per heavy atom. The third-order valence-corrected chi connectivity index (χ3v) is 4.08. The van der Waals surface area contributed by atoms with Gasteiger partial charge in [-0.25, -0.2) is 4.79 Å². The molecule has 1 amide bonds. The van der Waals surface area contributed by atoms with Gasteiger partial charge in [0, 0.05) is 29.3 Å². The number of hydrogen-bond acceptors (Lipinski definition) is 6. The van der Waals surface area contributed by atoms with E-state index in [2.05, 4.69) is 5.32 Å². The number of rotatable bonds is 8. The Kier molecular flexibility index (Phi) is 6.97. The zero-order valence-corrected chi connectivity index (χ0v) is 14.0. The summed E-state index contributed by atoms with van der Waals surface area (Å²) in [6.45, 7) is 0.00425. The van der Waals surface area contributed by atoms with E-state index in [9.17, 15) is 19.7 Å². The average molecular weight is 360 g/mol. The Hall–Kier alpha value is -2.87. The van der Waals surface area contributed by atoms with E-state index in [4.69, 9.17) is 4.74 Å². The molecule has 25 heavy (non-hydrogen) atoms. The summed E-state index contributed by atoms with van der Waals surface area (Å²) in [7, 11) is 0. The molecule has 0 saturated carbocycles. The van der Waals surface area contributed by atoms with Crippen LogP contribution >= 0.6 is 11.8 Å². The highest BCUT2D eigenvalue weighted by molar-refractivity contribution is 7.99. The first-order chi connectivity index (χ1) is 12.1. The van der Waals surface area contributed by atoms with Crippen LogP contribution in [-0.2, 0) is 9.53 Å². The lowest BCUT2D eigenvalue weighted by Gasteiger charge is -2.06. The van der Waals surface area contributed by atoms with E-state index in [0.717, 1.165) is 11.0 Å². The molecule has 7 nitrogen and oxygen atoms in total. The Labute approximate surface area is 148 Å². The molecule has 0 spiro atoms. The molecule has 8 heteroatoms. The van der Waals surface area contributed by atoms with Gasteiger partial charge in [-0.2, -0.15) is 0 Å². The largest absolute Gasteiger partial charge is 0.452 e. The molecule has 0 saturated heterocycles. The van der Waals surface area contributed by atoms with E-state index in [1.807, 2.05) is 30.3 Å². The highest BCUT2D eigenvalue weighted by atomic mass is 32.2. The van der Waals surface area contributed by atoms with E-state index < -0.39 is 23.4 Å². The van der Waals surface area contributed by atoms with Gasteiger partial charge >= 0.3 is 5.97 Å². The van der Waals surface area contributed by atoms with Crippen LogP contribution in [0.2, 0.25) is 0 Å². The maximum Gasteiger partial charge on any atom is 0.338 e. The van der Waals surface area contributed by atoms with Crippen LogP contribution in [0.3, 0.4) is 0 Å². The average Bonchev–Trinajstić information content (AvgIpc) is 2.64. The monoisotopic (exact) mass is 360 g/mol. The smallest absolute Gasteiger partial charge is 0.338 e. The molecule has 1 N–H and O–H groups in total. The van der Waals surface area contributed by atoms with Crippen molar-refractivity contribution in [2.75, 3.05) is 18.9 Å². The van der Waals surface area contributed by atoms with Crippen LogP contribution in [0, 0.1) is 10.1 Å². The number of amides is 1. The van der Waals surface area contributed by atoms with Crippen LogP contribution < -0.4 is 5.32 Å². The number of ether oxygens (including phenoxy) is 1. The summed E-state index contributed by atoms with van der Waals surface area (Å²) in [4.78, 5) is 34.7. The zero-order chi connectivity index (χ0) is 18.1. The molecule has 0 fully saturated rings. The molecule has 2 aromatic carbocycles. The third kappa shape index (κ3) is 6.27. The number of benzene rings is 2. The van der Waals surface area contributed by atoms with Gasteiger partial charge in [0.2, 0.25) is 0 Å². The number of carbonyl (C=O) groups is 2. The molecule has 0 aliphatic rings. The van der Waals surface area contributed by atoms with Crippen LogP contribution in [0.15, 0.2) is 59.5 Å². The quantitative estimate of drug-likeness (QED) is 0.255. The molecule has 2 rings (SSSR count). The lowest BCUT2D eigenvalue weighted by atomic mass is 10.2. The van der Waals surface area contributed by atoms with E-state index in [-0.39, 0.29) is 11.3 Å². The maximum absolute atomic E-state index is 11.8. The number of carbonyl (C=O) groups excluding carboxylic acids is 2. The Balaban J connectivity index is 1.70. The molecule has 2 aromatic rings. The molecule has 0 bridgehead atoms. The van der Waals surface area contributed by atoms with Gasteiger partial charge in [-0.1, -0.05) is 24.3 Å². The van der Waals surface area contributed by atoms with Gasteiger partial charge in [0.05, 0.1) is 10.5 Å². The SMILES string of the molecule is O=C(COC(=O)c1cccc([N+](=O)[O-])c1)NCCSc1ccccc1. The van der Waals surface area contributed by atoms with Crippen LogP contribution in [0.4, 0.5) is 5.69 Å². The van der Waals surface area contributed by atoms with Crippen LogP contribution in [0.5, 0.6) is 0 Å². The highest BCUT2D eigenvalue weighted by Crippen LogP contribution is 2.16. The van der Waals surface area contributed by atoms with Crippen molar-refractivity contribution in [2.24, 2.45) is 0 Å². The van der Waals surface area contributed by atoms with Crippen LogP contribution in [0.1, 0.15) is 10.4 Å². The first-order valence-electron chi connectivity index (χ1n) is 7.42. The van der Waals surface area contributed by atoms with Gasteiger partial charge in [-0.15, -0.1) is 11.8 Å². The first kappa shape index (κ1) is 18.5. The minimum atomic E-state index is -0.780. The van der Waals surface area contributed by atoms with E-state index in [1.165, 1.54) is 18.2 Å². The predicted molar refractivity (Wildman–Crippen MR) is 93.6 cm³/mol. The summed E-state index contributed by atoms with van der Waals surface area (Å²) in [5.41, 5.74) is -0.182. The van der Waals surface area contributed by atoms with Gasteiger partial charge in [0.15, 0.2) is 6.61 Å². The summed E-state index contributed by atoms with van der Waals surface area (Å²) in [6.07, 6.45) is 0. The maximum atomic E-state index is 11.8. The lowest BCUT2D eigenvalue weighted by molar-refractivity contribution is -0.384. The topological polar surface area (TPSA) is 98.5 Å². The second-order valence-corrected chi connectivity index (χ2v) is 6.06. The van der Waals surface area contributed by atoms with Gasteiger partial charge < -0.3 is 10.1 Å². The lowest BCUT2D eigenvalue weighted by Crippen LogP contribution is -2.30. The van der Waals surface area contributed by atoms with Gasteiger partial charge in [-0.05, 0) is 18.2 Å². The number of esters is 1. The molecule has 0 radical (unpaired) electrons. The second-order valence-electron chi connectivity index (χ2n) is 4.90. The standard InChI is InChI=1S/C17H16N2O5S/c20-16(18-9-10-25-15-7-2-1-3-8-15)12-24-17(21)13-5-4-6-14(11-13)19(22)23/h1-8,11H,9-10,12H2,(H,18,20). The minimum Gasteiger partial charge on any atom is -0.452 e. The zero-order valence-electron chi connectivity index (χ0n) is 13.2. The number of nitro benzene ring substituents is 1. The first-order valence-corrected chi connectivity index (χ1v) is 8.41. The molecular formula is C17H16N2O5S. The molecule has 0 unspecified atom stereocenters. The van der Waals surface area contributed by atoms with Crippen molar-refractivity contribution in [2.45, 2.75) is 4.90 Å². The summed E-state index contributed by atoms with van der Waals surface area (Å²) in [5, 5.41) is 13.3. The fourth-order valence-electron chi connectivity index (χ4n) is 1.89. The number of nitrogens with zero attached hydrogens (tertiary/aromatic N) is 1. The molecule has 0 aromatic heterocycles. The minimum absolute atomic E-state index is 0.0293. The van der Waals surface area contributed by atoms with Crippen LogP contribution in [0.25, 0.3) is 0 Å². The molecule has 0 aliphatic heterocycles. The van der Waals surface area contributed by atoms with Gasteiger partial charge in [-0.3, -0.25) is 14.9 Å². The summed E-state index contributed by atoms with van der Waals surface area (Å²) >= 11 is 1.60. The predicted octanol–water partition coefficient (Wildman–Crippen LogP) is 2.66. The van der Waals surface area contributed by atoms with Crippen molar-refractivity contribution < 1.29 is 19.2 Å². The number of non-ortho nitro benzene ring substituents is 1.